The molecule has 27 heavy (non-hydrogen) atoms. The topological polar surface area (TPSA) is 61.3 Å². The minimum atomic E-state index is 0.0215. The molecule has 0 atom stereocenters. The molecule has 1 aliphatic carbocycles. The predicted molar refractivity (Wildman–Crippen MR) is 114 cm³/mol. The van der Waals surface area contributed by atoms with Crippen molar-refractivity contribution in [3.63, 3.8) is 0 Å². The fraction of sp³-hybridized carbons (Fsp3) is 0.190. The summed E-state index contributed by atoms with van der Waals surface area (Å²) in [7, 11) is 0. The van der Waals surface area contributed by atoms with Gasteiger partial charge >= 0.3 is 0 Å². The molecule has 0 aliphatic heterocycles. The van der Waals surface area contributed by atoms with Gasteiger partial charge in [0.2, 0.25) is 0 Å². The summed E-state index contributed by atoms with van der Waals surface area (Å²) < 4.78 is 0. The molecule has 4 rings (SSSR count). The molecule has 0 spiro atoms. The van der Waals surface area contributed by atoms with Crippen LogP contribution in [-0.4, -0.2) is 38.2 Å². The monoisotopic (exact) mass is 376 g/mol. The number of pyridine rings is 2. The van der Waals surface area contributed by atoms with E-state index in [0.717, 1.165) is 46.0 Å². The summed E-state index contributed by atoms with van der Waals surface area (Å²) in [6, 6.07) is 9.90. The van der Waals surface area contributed by atoms with Gasteiger partial charge in [-0.3, -0.25) is 9.97 Å². The van der Waals surface area contributed by atoms with Gasteiger partial charge in [-0.1, -0.05) is 18.2 Å². The molecule has 6 heteroatoms. The molecule has 2 N–H and O–H groups in total. The molecule has 2 aromatic heterocycles. The molecule has 2 heterocycles. The molecule has 5 nitrogen and oxygen atoms in total. The van der Waals surface area contributed by atoms with Crippen molar-refractivity contribution in [2.45, 2.75) is 12.8 Å². The number of nitrogens with one attached hydrogen (secondary N) is 1. The summed E-state index contributed by atoms with van der Waals surface area (Å²) in [6.07, 6.45) is 11.9. The average molecular weight is 376 g/mol. The standard InChI is InChI=1S/C21H20N4OS/c26-13-12-25(16-7-2-1-3-8-16)21(27)24-18-14-15-6-4-10-22-19(15)17-9-5-11-23-20(17)18/h2,4-11,14,26H,1,3,12-13H2,(H,24,27). The summed E-state index contributed by atoms with van der Waals surface area (Å²) in [4.78, 5) is 11.0. The molecule has 136 valence electrons. The zero-order valence-corrected chi connectivity index (χ0v) is 15.6. The van der Waals surface area contributed by atoms with Crippen LogP contribution in [0.4, 0.5) is 5.69 Å². The van der Waals surface area contributed by atoms with Crippen molar-refractivity contribution in [2.75, 3.05) is 18.5 Å². The number of thiocarbonyl (C=S) groups is 1. The van der Waals surface area contributed by atoms with E-state index in [0.29, 0.717) is 11.7 Å². The third-order valence-electron chi connectivity index (χ3n) is 4.55. The normalized spacial score (nSPS) is 13.6. The van der Waals surface area contributed by atoms with E-state index in [9.17, 15) is 5.11 Å². The Bertz CT molecular complexity index is 1060. The SMILES string of the molecule is OCCN(C(=S)Nc1cc2cccnc2c2cccnc12)C1=CCCC=C1. The Balaban J connectivity index is 1.74. The molecule has 1 aliphatic rings. The lowest BCUT2D eigenvalue weighted by Gasteiger charge is -2.27. The van der Waals surface area contributed by atoms with Gasteiger partial charge in [-0.2, -0.15) is 0 Å². The van der Waals surface area contributed by atoms with Gasteiger partial charge in [0.1, 0.15) is 0 Å². The first-order chi connectivity index (χ1) is 13.3. The van der Waals surface area contributed by atoms with E-state index < -0.39 is 0 Å². The highest BCUT2D eigenvalue weighted by Gasteiger charge is 2.16. The van der Waals surface area contributed by atoms with Gasteiger partial charge in [-0.15, -0.1) is 0 Å². The highest BCUT2D eigenvalue weighted by atomic mass is 32.1. The summed E-state index contributed by atoms with van der Waals surface area (Å²) in [5.74, 6) is 0. The predicted octanol–water partition coefficient (Wildman–Crippen LogP) is 4.01. The van der Waals surface area contributed by atoms with Crippen molar-refractivity contribution in [3.05, 3.63) is 66.7 Å². The number of allylic oxidation sites excluding steroid dienone is 3. The van der Waals surface area contributed by atoms with Gasteiger partial charge in [-0.05, 0) is 55.4 Å². The van der Waals surface area contributed by atoms with E-state index in [1.165, 1.54) is 0 Å². The lowest BCUT2D eigenvalue weighted by atomic mass is 10.1. The van der Waals surface area contributed by atoms with Crippen LogP contribution in [0, 0.1) is 0 Å². The quantitative estimate of drug-likeness (QED) is 0.530. The molecule has 0 saturated heterocycles. The molecular weight excluding hydrogens is 356 g/mol. The first kappa shape index (κ1) is 17.6. The van der Waals surface area contributed by atoms with Crippen LogP contribution in [-0.2, 0) is 0 Å². The lowest BCUT2D eigenvalue weighted by molar-refractivity contribution is 0.268. The number of benzene rings is 1. The number of aromatic nitrogens is 2. The molecular formula is C21H20N4OS. The van der Waals surface area contributed by atoms with Crippen molar-refractivity contribution in [1.82, 2.24) is 14.9 Å². The first-order valence-electron chi connectivity index (χ1n) is 8.96. The summed E-state index contributed by atoms with van der Waals surface area (Å²) in [5, 5.41) is 15.4. The summed E-state index contributed by atoms with van der Waals surface area (Å²) in [6.45, 7) is 0.455. The van der Waals surface area contributed by atoms with Crippen molar-refractivity contribution in [2.24, 2.45) is 0 Å². The number of nitrogens with zero attached hydrogens (tertiary/aromatic N) is 3. The third-order valence-corrected chi connectivity index (χ3v) is 4.88. The van der Waals surface area contributed by atoms with Gasteiger partial charge in [0.15, 0.2) is 5.11 Å². The molecule has 3 aromatic rings. The Morgan fingerprint density at radius 3 is 2.74 bits per heavy atom. The minimum absolute atomic E-state index is 0.0215. The van der Waals surface area contributed by atoms with Crippen LogP contribution < -0.4 is 5.32 Å². The van der Waals surface area contributed by atoms with E-state index >= 15 is 0 Å². The Morgan fingerprint density at radius 2 is 1.96 bits per heavy atom. The van der Waals surface area contributed by atoms with Crippen LogP contribution in [0.3, 0.4) is 0 Å². The Labute approximate surface area is 163 Å². The van der Waals surface area contributed by atoms with Crippen LogP contribution in [0.15, 0.2) is 66.7 Å². The summed E-state index contributed by atoms with van der Waals surface area (Å²) >= 11 is 5.68. The smallest absolute Gasteiger partial charge is 0.178 e. The van der Waals surface area contributed by atoms with Gasteiger partial charge < -0.3 is 15.3 Å². The van der Waals surface area contributed by atoms with Gasteiger partial charge in [-0.25, -0.2) is 0 Å². The van der Waals surface area contributed by atoms with Crippen molar-refractivity contribution >= 4 is 44.8 Å². The van der Waals surface area contributed by atoms with E-state index in [2.05, 4.69) is 27.4 Å². The number of aliphatic hydroxyl groups excluding tert-OH is 1. The highest BCUT2D eigenvalue weighted by molar-refractivity contribution is 7.80. The van der Waals surface area contributed by atoms with Crippen molar-refractivity contribution < 1.29 is 5.11 Å². The molecule has 1 aromatic carbocycles. The highest BCUT2D eigenvalue weighted by Crippen LogP contribution is 2.29. The van der Waals surface area contributed by atoms with Crippen LogP contribution in [0.25, 0.3) is 21.8 Å². The van der Waals surface area contributed by atoms with Crippen LogP contribution >= 0.6 is 12.2 Å². The number of hydrogen-bond donors (Lipinski definition) is 2. The molecule has 0 fully saturated rings. The van der Waals surface area contributed by atoms with Crippen LogP contribution in [0.2, 0.25) is 0 Å². The number of rotatable bonds is 4. The number of anilines is 1. The Morgan fingerprint density at radius 1 is 1.15 bits per heavy atom. The van der Waals surface area contributed by atoms with Gasteiger partial charge in [0.25, 0.3) is 0 Å². The Kier molecular flexibility index (Phi) is 5.09. The maximum atomic E-state index is 9.49. The average Bonchev–Trinajstić information content (AvgIpc) is 2.72. The molecule has 0 unspecified atom stereocenters. The zero-order valence-electron chi connectivity index (χ0n) is 14.8. The second kappa shape index (κ2) is 7.82. The number of hydrogen-bond acceptors (Lipinski definition) is 4. The van der Waals surface area contributed by atoms with Crippen molar-refractivity contribution in [3.8, 4) is 0 Å². The number of fused-ring (bicyclic) bond motifs is 3. The van der Waals surface area contributed by atoms with Gasteiger partial charge in [0.05, 0.1) is 23.3 Å². The fourth-order valence-corrected chi connectivity index (χ4v) is 3.63. The van der Waals surface area contributed by atoms with Crippen molar-refractivity contribution in [1.29, 1.82) is 0 Å². The lowest BCUT2D eigenvalue weighted by Crippen LogP contribution is -2.36. The Hall–Kier alpha value is -2.83. The molecule has 0 saturated carbocycles. The largest absolute Gasteiger partial charge is 0.395 e. The zero-order chi connectivity index (χ0) is 18.6. The van der Waals surface area contributed by atoms with Gasteiger partial charge in [0, 0.05) is 35.4 Å². The van der Waals surface area contributed by atoms with E-state index in [4.69, 9.17) is 12.2 Å². The molecule has 0 radical (unpaired) electrons. The van der Waals surface area contributed by atoms with E-state index in [1.807, 2.05) is 41.3 Å². The van der Waals surface area contributed by atoms with E-state index in [-0.39, 0.29) is 6.61 Å². The summed E-state index contributed by atoms with van der Waals surface area (Å²) in [5.41, 5.74) is 3.58. The fourth-order valence-electron chi connectivity index (χ4n) is 3.32. The van der Waals surface area contributed by atoms with Crippen LogP contribution in [0.5, 0.6) is 0 Å². The second-order valence-corrected chi connectivity index (χ2v) is 6.70. The molecule has 0 bridgehead atoms. The minimum Gasteiger partial charge on any atom is -0.395 e. The second-order valence-electron chi connectivity index (χ2n) is 6.31. The maximum absolute atomic E-state index is 9.49. The molecule has 0 amide bonds. The third kappa shape index (κ3) is 3.54. The van der Waals surface area contributed by atoms with E-state index in [1.54, 1.807) is 12.4 Å². The first-order valence-corrected chi connectivity index (χ1v) is 9.37. The number of aliphatic hydroxyl groups is 1. The maximum Gasteiger partial charge on any atom is 0.178 e. The van der Waals surface area contributed by atoms with Crippen LogP contribution in [0.1, 0.15) is 12.8 Å².